The molecular formula is C23H26N2O. The molecule has 0 radical (unpaired) electrons. The molecule has 2 bridgehead atoms. The molecule has 26 heavy (non-hydrogen) atoms. The van der Waals surface area contributed by atoms with Crippen LogP contribution in [0.25, 0.3) is 10.9 Å². The van der Waals surface area contributed by atoms with Crippen molar-refractivity contribution in [1.82, 2.24) is 9.47 Å². The van der Waals surface area contributed by atoms with Crippen LogP contribution in [0.4, 0.5) is 0 Å². The van der Waals surface area contributed by atoms with E-state index in [1.807, 2.05) is 6.07 Å². The second kappa shape index (κ2) is 6.48. The maximum atomic E-state index is 6.09. The summed E-state index contributed by atoms with van der Waals surface area (Å²) in [5.74, 6) is 2.49. The van der Waals surface area contributed by atoms with Crippen LogP contribution in [-0.2, 0) is 13.7 Å². The number of rotatable bonds is 4. The second-order valence-electron chi connectivity index (χ2n) is 7.89. The number of hydrogen-bond donors (Lipinski definition) is 0. The number of piperidine rings is 3. The zero-order chi connectivity index (χ0) is 17.5. The van der Waals surface area contributed by atoms with E-state index in [-0.39, 0.29) is 0 Å². The molecule has 3 saturated heterocycles. The molecule has 3 nitrogen and oxygen atoms in total. The van der Waals surface area contributed by atoms with Crippen molar-refractivity contribution in [3.63, 3.8) is 0 Å². The van der Waals surface area contributed by atoms with Gasteiger partial charge in [0.15, 0.2) is 0 Å². The van der Waals surface area contributed by atoms with Gasteiger partial charge in [-0.1, -0.05) is 30.3 Å². The van der Waals surface area contributed by atoms with Crippen molar-refractivity contribution in [2.45, 2.75) is 25.4 Å². The van der Waals surface area contributed by atoms with Crippen molar-refractivity contribution >= 4 is 10.9 Å². The summed E-state index contributed by atoms with van der Waals surface area (Å²) in [5, 5.41) is 1.37. The molecule has 2 aromatic carbocycles. The van der Waals surface area contributed by atoms with Gasteiger partial charge in [-0.05, 0) is 61.2 Å². The Morgan fingerprint density at radius 2 is 1.85 bits per heavy atom. The molecule has 0 N–H and O–H groups in total. The highest BCUT2D eigenvalue weighted by Crippen LogP contribution is 2.42. The minimum absolute atomic E-state index is 0.619. The molecule has 1 unspecified atom stereocenters. The Hall–Kier alpha value is -2.26. The van der Waals surface area contributed by atoms with Crippen LogP contribution >= 0.6 is 0 Å². The molecule has 3 heteroatoms. The minimum atomic E-state index is 0.619. The van der Waals surface area contributed by atoms with E-state index in [0.29, 0.717) is 12.5 Å². The molecule has 0 spiro atoms. The summed E-state index contributed by atoms with van der Waals surface area (Å²) in [4.78, 5) is 2.64. The molecule has 0 aliphatic carbocycles. The van der Waals surface area contributed by atoms with Crippen LogP contribution in [0.5, 0.6) is 5.75 Å². The monoisotopic (exact) mass is 346 g/mol. The van der Waals surface area contributed by atoms with E-state index in [9.17, 15) is 0 Å². The van der Waals surface area contributed by atoms with E-state index in [2.05, 4.69) is 65.2 Å². The third-order valence-electron chi connectivity index (χ3n) is 6.30. The second-order valence-corrected chi connectivity index (χ2v) is 7.89. The van der Waals surface area contributed by atoms with E-state index in [1.165, 1.54) is 54.5 Å². The SMILES string of the molecule is Cn1cc(C2CN3CCC2CC3)c2cc(OCc3ccccc3)ccc21. The summed E-state index contributed by atoms with van der Waals surface area (Å²) in [6.07, 6.45) is 5.06. The van der Waals surface area contributed by atoms with E-state index in [0.717, 1.165) is 11.7 Å². The van der Waals surface area contributed by atoms with Crippen molar-refractivity contribution in [3.05, 3.63) is 65.9 Å². The Balaban J connectivity index is 1.45. The normalized spacial score (nSPS) is 24.9. The van der Waals surface area contributed by atoms with Gasteiger partial charge in [0.2, 0.25) is 0 Å². The Bertz CT molecular complexity index is 907. The average Bonchev–Trinajstić information content (AvgIpc) is 3.04. The lowest BCUT2D eigenvalue weighted by Crippen LogP contribution is -2.46. The molecule has 3 aliphatic heterocycles. The topological polar surface area (TPSA) is 17.4 Å². The zero-order valence-electron chi connectivity index (χ0n) is 15.4. The van der Waals surface area contributed by atoms with Gasteiger partial charge < -0.3 is 14.2 Å². The quantitative estimate of drug-likeness (QED) is 0.689. The van der Waals surface area contributed by atoms with Gasteiger partial charge in [0.1, 0.15) is 12.4 Å². The summed E-state index contributed by atoms with van der Waals surface area (Å²) in [5.41, 5.74) is 4.03. The van der Waals surface area contributed by atoms with Crippen molar-refractivity contribution in [3.8, 4) is 5.75 Å². The lowest BCUT2D eigenvalue weighted by atomic mass is 9.75. The van der Waals surface area contributed by atoms with Gasteiger partial charge in [-0.2, -0.15) is 0 Å². The van der Waals surface area contributed by atoms with Gasteiger partial charge in [0.05, 0.1) is 0 Å². The highest BCUT2D eigenvalue weighted by Gasteiger charge is 2.36. The van der Waals surface area contributed by atoms with Crippen LogP contribution in [0.1, 0.15) is 29.9 Å². The number of ether oxygens (including phenoxy) is 1. The molecule has 0 saturated carbocycles. The predicted molar refractivity (Wildman–Crippen MR) is 106 cm³/mol. The van der Waals surface area contributed by atoms with E-state index in [4.69, 9.17) is 4.74 Å². The standard InChI is InChI=1S/C23H26N2O/c1-24-14-22(21-15-25-11-9-18(21)10-12-25)20-13-19(7-8-23(20)24)26-16-17-5-3-2-4-6-17/h2-8,13-14,18,21H,9-12,15-16H2,1H3. The number of aromatic nitrogens is 1. The number of hydrogen-bond acceptors (Lipinski definition) is 2. The van der Waals surface area contributed by atoms with Crippen LogP contribution in [0.15, 0.2) is 54.7 Å². The smallest absolute Gasteiger partial charge is 0.120 e. The van der Waals surface area contributed by atoms with Crippen LogP contribution in [0, 0.1) is 5.92 Å². The third kappa shape index (κ3) is 2.80. The molecule has 3 aromatic rings. The maximum Gasteiger partial charge on any atom is 0.120 e. The van der Waals surface area contributed by atoms with Gasteiger partial charge in [-0.15, -0.1) is 0 Å². The first kappa shape index (κ1) is 16.0. The molecule has 134 valence electrons. The fourth-order valence-corrected chi connectivity index (χ4v) is 4.85. The minimum Gasteiger partial charge on any atom is -0.489 e. The van der Waals surface area contributed by atoms with Gasteiger partial charge in [0.25, 0.3) is 0 Å². The lowest BCUT2D eigenvalue weighted by Gasteiger charge is -2.44. The fraction of sp³-hybridized carbons (Fsp3) is 0.391. The van der Waals surface area contributed by atoms with Crippen LogP contribution in [0.2, 0.25) is 0 Å². The van der Waals surface area contributed by atoms with E-state index < -0.39 is 0 Å². The lowest BCUT2D eigenvalue weighted by molar-refractivity contribution is 0.0876. The van der Waals surface area contributed by atoms with Gasteiger partial charge in [0, 0.05) is 36.6 Å². The number of fused-ring (bicyclic) bond motifs is 4. The molecule has 3 fully saturated rings. The third-order valence-corrected chi connectivity index (χ3v) is 6.30. The van der Waals surface area contributed by atoms with Crippen molar-refractivity contribution in [1.29, 1.82) is 0 Å². The van der Waals surface area contributed by atoms with Gasteiger partial charge in [-0.25, -0.2) is 0 Å². The molecule has 4 heterocycles. The fourth-order valence-electron chi connectivity index (χ4n) is 4.85. The summed E-state index contributed by atoms with van der Waals surface area (Å²) in [7, 11) is 2.16. The Kier molecular flexibility index (Phi) is 3.97. The van der Waals surface area contributed by atoms with E-state index >= 15 is 0 Å². The van der Waals surface area contributed by atoms with Crippen LogP contribution in [-0.4, -0.2) is 29.1 Å². The predicted octanol–water partition coefficient (Wildman–Crippen LogP) is 4.57. The highest BCUT2D eigenvalue weighted by molar-refractivity contribution is 5.86. The number of aryl methyl sites for hydroxylation is 1. The molecular weight excluding hydrogens is 320 g/mol. The summed E-state index contributed by atoms with van der Waals surface area (Å²) in [6.45, 7) is 4.42. The van der Waals surface area contributed by atoms with Crippen LogP contribution < -0.4 is 4.74 Å². The Morgan fingerprint density at radius 3 is 2.58 bits per heavy atom. The zero-order valence-corrected chi connectivity index (χ0v) is 15.4. The van der Waals surface area contributed by atoms with Gasteiger partial charge in [-0.3, -0.25) is 0 Å². The Labute approximate surface area is 155 Å². The molecule has 6 rings (SSSR count). The number of benzene rings is 2. The Morgan fingerprint density at radius 1 is 1.04 bits per heavy atom. The van der Waals surface area contributed by atoms with Crippen molar-refractivity contribution < 1.29 is 4.74 Å². The first-order valence-electron chi connectivity index (χ1n) is 9.76. The summed E-state index contributed by atoms with van der Waals surface area (Å²) in [6, 6.07) is 17.0. The molecule has 3 aliphatic rings. The van der Waals surface area contributed by atoms with Gasteiger partial charge >= 0.3 is 0 Å². The summed E-state index contributed by atoms with van der Waals surface area (Å²) < 4.78 is 8.38. The first-order valence-corrected chi connectivity index (χ1v) is 9.76. The molecule has 1 aromatic heterocycles. The average molecular weight is 346 g/mol. The van der Waals surface area contributed by atoms with Crippen molar-refractivity contribution in [2.75, 3.05) is 19.6 Å². The summed E-state index contributed by atoms with van der Waals surface area (Å²) >= 11 is 0. The highest BCUT2D eigenvalue weighted by atomic mass is 16.5. The largest absolute Gasteiger partial charge is 0.489 e. The molecule has 0 amide bonds. The maximum absolute atomic E-state index is 6.09. The van der Waals surface area contributed by atoms with Crippen molar-refractivity contribution in [2.24, 2.45) is 13.0 Å². The van der Waals surface area contributed by atoms with E-state index in [1.54, 1.807) is 0 Å². The number of nitrogens with zero attached hydrogens (tertiary/aromatic N) is 2. The van der Waals surface area contributed by atoms with Crippen LogP contribution in [0.3, 0.4) is 0 Å². The molecule has 1 atom stereocenters. The first-order chi connectivity index (χ1) is 12.8.